The third kappa shape index (κ3) is 13.2. The zero-order valence-electron chi connectivity index (χ0n) is 20.5. The maximum atomic E-state index is 12.9. The summed E-state index contributed by atoms with van der Waals surface area (Å²) in [5.74, 6) is 5.11. The van der Waals surface area contributed by atoms with Gasteiger partial charge in [-0.1, -0.05) is 64.7 Å². The van der Waals surface area contributed by atoms with Crippen molar-refractivity contribution < 1.29 is 14.6 Å². The standard InChI is InChI=1S/C24H46N6O3/c1-2-3-4-5-6-7-8-9-10-14-20-22(21(15-13-17-31)30-24(25)29-20)23(32)33-18-12-11-16-27-19-28-26/h19-20,31H,2-18,26H2,1H3,(H,27,28)(H3,25,29,30). The zero-order valence-corrected chi connectivity index (χ0v) is 20.5. The van der Waals surface area contributed by atoms with Gasteiger partial charge < -0.3 is 26.3 Å². The summed E-state index contributed by atoms with van der Waals surface area (Å²) in [6.45, 7) is 3.23. The SMILES string of the molecule is CCCCCCCCCCCC1N=C(N)NC(CCCO)=C1C(=O)OCCCCN=CNN. The third-order valence-electron chi connectivity index (χ3n) is 5.70. The van der Waals surface area contributed by atoms with E-state index in [0.717, 1.165) is 31.4 Å². The van der Waals surface area contributed by atoms with Crippen molar-refractivity contribution >= 4 is 18.3 Å². The average Bonchev–Trinajstić information content (AvgIpc) is 2.80. The third-order valence-corrected chi connectivity index (χ3v) is 5.70. The van der Waals surface area contributed by atoms with E-state index >= 15 is 0 Å². The Labute approximate surface area is 199 Å². The Morgan fingerprint density at radius 3 is 2.48 bits per heavy atom. The predicted molar refractivity (Wildman–Crippen MR) is 135 cm³/mol. The number of aliphatic imine (C=N–C) groups is 2. The Kier molecular flexibility index (Phi) is 16.9. The molecule has 9 heteroatoms. The van der Waals surface area contributed by atoms with E-state index in [1.165, 1.54) is 51.3 Å². The van der Waals surface area contributed by atoms with Gasteiger partial charge in [0.1, 0.15) is 0 Å². The molecule has 33 heavy (non-hydrogen) atoms. The summed E-state index contributed by atoms with van der Waals surface area (Å²) in [7, 11) is 0. The number of nitrogens with one attached hydrogen (secondary N) is 2. The molecule has 1 atom stereocenters. The van der Waals surface area contributed by atoms with Gasteiger partial charge in [0.25, 0.3) is 0 Å². The lowest BCUT2D eigenvalue weighted by Crippen LogP contribution is -2.40. The Bertz CT molecular complexity index is 621. The van der Waals surface area contributed by atoms with Crippen LogP contribution in [0.4, 0.5) is 0 Å². The first-order valence-electron chi connectivity index (χ1n) is 12.7. The fourth-order valence-electron chi connectivity index (χ4n) is 3.92. The minimum Gasteiger partial charge on any atom is -0.462 e. The van der Waals surface area contributed by atoms with Gasteiger partial charge in [0.2, 0.25) is 0 Å². The van der Waals surface area contributed by atoms with Crippen molar-refractivity contribution in [3.05, 3.63) is 11.3 Å². The first-order chi connectivity index (χ1) is 16.1. The van der Waals surface area contributed by atoms with E-state index in [4.69, 9.17) is 16.3 Å². The van der Waals surface area contributed by atoms with Gasteiger partial charge in [0, 0.05) is 18.8 Å². The van der Waals surface area contributed by atoms with Gasteiger partial charge in [-0.05, 0) is 32.1 Å². The van der Waals surface area contributed by atoms with E-state index in [-0.39, 0.29) is 18.6 Å². The van der Waals surface area contributed by atoms with Crippen LogP contribution in [0.3, 0.4) is 0 Å². The number of ether oxygens (including phenoxy) is 1. The second kappa shape index (κ2) is 19.3. The molecule has 0 aromatic heterocycles. The minimum atomic E-state index is -0.347. The maximum absolute atomic E-state index is 12.9. The van der Waals surface area contributed by atoms with Gasteiger partial charge in [-0.3, -0.25) is 4.99 Å². The number of nitrogens with zero attached hydrogens (tertiary/aromatic N) is 2. The Hall–Kier alpha value is -2.13. The molecule has 0 amide bonds. The second-order valence-corrected chi connectivity index (χ2v) is 8.54. The molecule has 0 aromatic rings. The number of allylic oxidation sites excluding steroid dienone is 1. The van der Waals surface area contributed by atoms with Gasteiger partial charge >= 0.3 is 5.97 Å². The van der Waals surface area contributed by atoms with E-state index in [1.807, 2.05) is 0 Å². The summed E-state index contributed by atoms with van der Waals surface area (Å²) >= 11 is 0. The smallest absolute Gasteiger partial charge is 0.337 e. The van der Waals surface area contributed by atoms with Gasteiger partial charge in [0.05, 0.1) is 24.6 Å². The first kappa shape index (κ1) is 28.9. The van der Waals surface area contributed by atoms with Crippen molar-refractivity contribution in [3.8, 4) is 0 Å². The van der Waals surface area contributed by atoms with E-state index < -0.39 is 0 Å². The number of aliphatic hydroxyl groups is 1. The molecule has 0 saturated heterocycles. The van der Waals surface area contributed by atoms with Gasteiger partial charge in [-0.15, -0.1) is 0 Å². The van der Waals surface area contributed by atoms with Crippen LogP contribution in [0.25, 0.3) is 0 Å². The second-order valence-electron chi connectivity index (χ2n) is 8.54. The van der Waals surface area contributed by atoms with Crippen molar-refractivity contribution in [2.45, 2.75) is 103 Å². The Morgan fingerprint density at radius 2 is 1.82 bits per heavy atom. The highest BCUT2D eigenvalue weighted by atomic mass is 16.5. The fraction of sp³-hybridized carbons (Fsp3) is 0.792. The number of hydrogen-bond acceptors (Lipinski definition) is 8. The lowest BCUT2D eigenvalue weighted by Gasteiger charge is -2.26. The number of esters is 1. The highest BCUT2D eigenvalue weighted by Crippen LogP contribution is 2.25. The van der Waals surface area contributed by atoms with Crippen LogP contribution in [0.1, 0.15) is 96.8 Å². The number of nitrogens with two attached hydrogens (primary N) is 2. The van der Waals surface area contributed by atoms with Crippen LogP contribution in [-0.4, -0.2) is 49.2 Å². The molecule has 190 valence electrons. The lowest BCUT2D eigenvalue weighted by molar-refractivity contribution is -0.139. The van der Waals surface area contributed by atoms with Crippen molar-refractivity contribution in [1.82, 2.24) is 10.7 Å². The van der Waals surface area contributed by atoms with Crippen LogP contribution in [0.15, 0.2) is 21.3 Å². The number of carbonyl (C=O) groups excluding carboxylic acids is 1. The fourth-order valence-corrected chi connectivity index (χ4v) is 3.92. The first-order valence-corrected chi connectivity index (χ1v) is 12.7. The molecule has 0 radical (unpaired) electrons. The summed E-state index contributed by atoms with van der Waals surface area (Å²) in [5, 5.41) is 12.3. The summed E-state index contributed by atoms with van der Waals surface area (Å²) in [6.07, 6.45) is 16.0. The van der Waals surface area contributed by atoms with Crippen molar-refractivity contribution in [1.29, 1.82) is 0 Å². The molecule has 1 unspecified atom stereocenters. The number of carbonyl (C=O) groups is 1. The summed E-state index contributed by atoms with van der Waals surface area (Å²) in [5.41, 5.74) is 9.64. The number of rotatable bonds is 20. The molecule has 1 aliphatic rings. The predicted octanol–water partition coefficient (Wildman–Crippen LogP) is 3.04. The monoisotopic (exact) mass is 466 g/mol. The molecule has 1 aliphatic heterocycles. The molecule has 7 N–H and O–H groups in total. The number of unbranched alkanes of at least 4 members (excludes halogenated alkanes) is 9. The molecule has 0 saturated carbocycles. The molecule has 0 spiro atoms. The quantitative estimate of drug-likeness (QED) is 0.0462. The number of hydrazine groups is 1. The summed E-state index contributed by atoms with van der Waals surface area (Å²) in [4.78, 5) is 21.5. The molecule has 1 heterocycles. The molecule has 1 rings (SSSR count). The molecule has 0 aromatic carbocycles. The molecule has 0 bridgehead atoms. The van der Waals surface area contributed by atoms with Crippen LogP contribution in [0.2, 0.25) is 0 Å². The highest BCUT2D eigenvalue weighted by molar-refractivity contribution is 5.94. The van der Waals surface area contributed by atoms with E-state index in [1.54, 1.807) is 0 Å². The molecule has 9 nitrogen and oxygen atoms in total. The average molecular weight is 467 g/mol. The number of hydrogen-bond donors (Lipinski definition) is 5. The van der Waals surface area contributed by atoms with E-state index in [9.17, 15) is 9.90 Å². The molecular formula is C24H46N6O3. The minimum absolute atomic E-state index is 0.0473. The molecular weight excluding hydrogens is 420 g/mol. The number of guanidine groups is 1. The van der Waals surface area contributed by atoms with Crippen LogP contribution >= 0.6 is 0 Å². The molecule has 0 aliphatic carbocycles. The largest absolute Gasteiger partial charge is 0.462 e. The van der Waals surface area contributed by atoms with Crippen LogP contribution in [-0.2, 0) is 9.53 Å². The van der Waals surface area contributed by atoms with E-state index in [0.29, 0.717) is 43.9 Å². The number of aliphatic hydroxyl groups excluding tert-OH is 1. The van der Waals surface area contributed by atoms with Gasteiger partial charge in [-0.2, -0.15) is 0 Å². The van der Waals surface area contributed by atoms with Crippen LogP contribution in [0.5, 0.6) is 0 Å². The lowest BCUT2D eigenvalue weighted by atomic mass is 9.95. The van der Waals surface area contributed by atoms with E-state index in [2.05, 4.69) is 27.7 Å². The maximum Gasteiger partial charge on any atom is 0.337 e. The van der Waals surface area contributed by atoms with Crippen LogP contribution in [0, 0.1) is 0 Å². The van der Waals surface area contributed by atoms with Crippen LogP contribution < -0.4 is 22.3 Å². The van der Waals surface area contributed by atoms with Gasteiger partial charge in [0.15, 0.2) is 5.96 Å². The summed E-state index contributed by atoms with van der Waals surface area (Å²) in [6, 6.07) is -0.294. The van der Waals surface area contributed by atoms with Crippen molar-refractivity contribution in [2.75, 3.05) is 19.8 Å². The van der Waals surface area contributed by atoms with Gasteiger partial charge in [-0.25, -0.2) is 15.6 Å². The summed E-state index contributed by atoms with van der Waals surface area (Å²) < 4.78 is 5.55. The Balaban J connectivity index is 2.55. The topological polar surface area (TPSA) is 147 Å². The highest BCUT2D eigenvalue weighted by Gasteiger charge is 2.29. The zero-order chi connectivity index (χ0) is 24.2. The normalized spacial score (nSPS) is 16.1. The van der Waals surface area contributed by atoms with Crippen molar-refractivity contribution in [2.24, 2.45) is 21.6 Å². The molecule has 0 fully saturated rings. The van der Waals surface area contributed by atoms with Crippen molar-refractivity contribution in [3.63, 3.8) is 0 Å². The Morgan fingerprint density at radius 1 is 1.12 bits per heavy atom.